The van der Waals surface area contributed by atoms with Gasteiger partial charge >= 0.3 is 0 Å². The van der Waals surface area contributed by atoms with E-state index in [2.05, 4.69) is 10.3 Å². The highest BCUT2D eigenvalue weighted by Crippen LogP contribution is 2.28. The van der Waals surface area contributed by atoms with Crippen molar-refractivity contribution in [3.63, 3.8) is 0 Å². The van der Waals surface area contributed by atoms with E-state index in [1.54, 1.807) is 12.1 Å². The van der Waals surface area contributed by atoms with Crippen LogP contribution in [0.5, 0.6) is 5.75 Å². The topological polar surface area (TPSA) is 58.0 Å². The summed E-state index contributed by atoms with van der Waals surface area (Å²) in [4.78, 5) is 9.39. The molecule has 1 aromatic heterocycles. The quantitative estimate of drug-likeness (QED) is 0.822. The van der Waals surface area contributed by atoms with Crippen LogP contribution in [0.2, 0.25) is 0 Å². The van der Waals surface area contributed by atoms with Gasteiger partial charge in [0.1, 0.15) is 11.6 Å². The maximum Gasteiger partial charge on any atom is 0.161 e. The summed E-state index contributed by atoms with van der Waals surface area (Å²) in [5.41, 5.74) is 3.38. The summed E-state index contributed by atoms with van der Waals surface area (Å²) in [7, 11) is 1.91. The van der Waals surface area contributed by atoms with Gasteiger partial charge in [-0.15, -0.1) is 0 Å². The molecular formula is C16H19N3O. The summed E-state index contributed by atoms with van der Waals surface area (Å²) < 4.78 is 0. The lowest BCUT2D eigenvalue weighted by atomic mass is 10.1. The van der Waals surface area contributed by atoms with Crippen molar-refractivity contribution < 1.29 is 5.11 Å². The van der Waals surface area contributed by atoms with Crippen LogP contribution in [0.25, 0.3) is 11.4 Å². The molecule has 1 heterocycles. The van der Waals surface area contributed by atoms with Gasteiger partial charge in [0.15, 0.2) is 5.82 Å². The zero-order chi connectivity index (χ0) is 13.9. The van der Waals surface area contributed by atoms with Crippen LogP contribution in [0.1, 0.15) is 30.5 Å². The first-order valence-corrected chi connectivity index (χ1v) is 7.15. The number of aromatic hydroxyl groups is 1. The number of hydrogen-bond acceptors (Lipinski definition) is 4. The van der Waals surface area contributed by atoms with Gasteiger partial charge in [-0.3, -0.25) is 0 Å². The summed E-state index contributed by atoms with van der Waals surface area (Å²) >= 11 is 0. The molecule has 2 N–H and O–H groups in total. The van der Waals surface area contributed by atoms with Crippen molar-refractivity contribution in [2.24, 2.45) is 0 Å². The van der Waals surface area contributed by atoms with Crippen LogP contribution >= 0.6 is 0 Å². The molecule has 4 nitrogen and oxygen atoms in total. The zero-order valence-electron chi connectivity index (χ0n) is 11.7. The zero-order valence-corrected chi connectivity index (χ0v) is 11.7. The first-order chi connectivity index (χ1) is 9.78. The van der Waals surface area contributed by atoms with Crippen LogP contribution in [-0.4, -0.2) is 22.1 Å². The van der Waals surface area contributed by atoms with Crippen LogP contribution in [0.15, 0.2) is 24.3 Å². The fourth-order valence-corrected chi connectivity index (χ4v) is 2.72. The van der Waals surface area contributed by atoms with Crippen LogP contribution < -0.4 is 5.32 Å². The second-order valence-corrected chi connectivity index (χ2v) is 5.18. The Morgan fingerprint density at radius 2 is 1.75 bits per heavy atom. The number of anilines is 1. The molecule has 0 fully saturated rings. The Morgan fingerprint density at radius 1 is 1.00 bits per heavy atom. The molecule has 1 aliphatic carbocycles. The third kappa shape index (κ3) is 2.46. The van der Waals surface area contributed by atoms with Crippen molar-refractivity contribution >= 4 is 5.82 Å². The van der Waals surface area contributed by atoms with Gasteiger partial charge in [0.2, 0.25) is 0 Å². The Labute approximate surface area is 118 Å². The molecule has 3 rings (SSSR count). The second kappa shape index (κ2) is 5.49. The van der Waals surface area contributed by atoms with Gasteiger partial charge in [0.25, 0.3) is 0 Å². The molecule has 20 heavy (non-hydrogen) atoms. The van der Waals surface area contributed by atoms with E-state index in [0.29, 0.717) is 0 Å². The van der Waals surface area contributed by atoms with E-state index in [1.165, 1.54) is 30.5 Å². The van der Waals surface area contributed by atoms with Crippen LogP contribution in [0, 0.1) is 0 Å². The van der Waals surface area contributed by atoms with Gasteiger partial charge in [-0.2, -0.15) is 0 Å². The minimum absolute atomic E-state index is 0.261. The van der Waals surface area contributed by atoms with E-state index in [1.807, 2.05) is 19.2 Å². The average Bonchev–Trinajstić information content (AvgIpc) is 2.72. The molecule has 4 heteroatoms. The number of nitrogens with zero attached hydrogens (tertiary/aromatic N) is 2. The molecule has 0 radical (unpaired) electrons. The fraction of sp³-hybridized carbons (Fsp3) is 0.375. The predicted octanol–water partition coefficient (Wildman–Crippen LogP) is 3.16. The minimum atomic E-state index is 0.261. The largest absolute Gasteiger partial charge is 0.508 e. The molecule has 1 aliphatic rings. The lowest BCUT2D eigenvalue weighted by molar-refractivity contribution is 0.475. The minimum Gasteiger partial charge on any atom is -0.508 e. The summed E-state index contributed by atoms with van der Waals surface area (Å²) in [6.45, 7) is 0. The fourth-order valence-electron chi connectivity index (χ4n) is 2.72. The number of aromatic nitrogens is 2. The van der Waals surface area contributed by atoms with Crippen molar-refractivity contribution in [2.75, 3.05) is 12.4 Å². The Bertz CT molecular complexity index is 608. The molecule has 0 amide bonds. The SMILES string of the molecule is CNc1nc(-c2ccc(O)cc2)nc2c1CCCCC2. The van der Waals surface area contributed by atoms with Gasteiger partial charge in [0, 0.05) is 23.9 Å². The van der Waals surface area contributed by atoms with E-state index < -0.39 is 0 Å². The van der Waals surface area contributed by atoms with E-state index in [0.717, 1.165) is 30.0 Å². The second-order valence-electron chi connectivity index (χ2n) is 5.18. The summed E-state index contributed by atoms with van der Waals surface area (Å²) in [6.07, 6.45) is 5.75. The predicted molar refractivity (Wildman–Crippen MR) is 79.9 cm³/mol. The third-order valence-corrected chi connectivity index (χ3v) is 3.80. The number of hydrogen-bond donors (Lipinski definition) is 2. The first kappa shape index (κ1) is 12.9. The van der Waals surface area contributed by atoms with Crippen molar-refractivity contribution in [3.8, 4) is 17.1 Å². The molecular weight excluding hydrogens is 250 g/mol. The molecule has 0 bridgehead atoms. The molecule has 0 saturated heterocycles. The summed E-state index contributed by atoms with van der Waals surface area (Å²) in [5, 5.41) is 12.6. The Morgan fingerprint density at radius 3 is 2.50 bits per heavy atom. The maximum atomic E-state index is 9.38. The van der Waals surface area contributed by atoms with E-state index >= 15 is 0 Å². The van der Waals surface area contributed by atoms with Gasteiger partial charge in [-0.25, -0.2) is 9.97 Å². The number of nitrogens with one attached hydrogen (secondary N) is 1. The van der Waals surface area contributed by atoms with Gasteiger partial charge < -0.3 is 10.4 Å². The van der Waals surface area contributed by atoms with E-state index in [9.17, 15) is 5.11 Å². The molecule has 2 aromatic rings. The highest BCUT2D eigenvalue weighted by atomic mass is 16.3. The number of phenols is 1. The van der Waals surface area contributed by atoms with Crippen molar-refractivity contribution in [1.29, 1.82) is 0 Å². The average molecular weight is 269 g/mol. The Kier molecular flexibility index (Phi) is 3.54. The third-order valence-electron chi connectivity index (χ3n) is 3.80. The van der Waals surface area contributed by atoms with Gasteiger partial charge in [-0.05, 0) is 49.9 Å². The molecule has 0 atom stereocenters. The summed E-state index contributed by atoms with van der Waals surface area (Å²) in [5.74, 6) is 1.94. The normalized spacial score (nSPS) is 14.4. The number of aryl methyl sites for hydroxylation is 1. The lowest BCUT2D eigenvalue weighted by Gasteiger charge is -2.13. The van der Waals surface area contributed by atoms with Crippen LogP contribution in [0.4, 0.5) is 5.82 Å². The van der Waals surface area contributed by atoms with E-state index in [4.69, 9.17) is 4.98 Å². The number of benzene rings is 1. The number of fused-ring (bicyclic) bond motifs is 1. The molecule has 104 valence electrons. The van der Waals surface area contributed by atoms with Gasteiger partial charge in [0.05, 0.1) is 0 Å². The highest BCUT2D eigenvalue weighted by Gasteiger charge is 2.16. The monoisotopic (exact) mass is 269 g/mol. The number of rotatable bonds is 2. The first-order valence-electron chi connectivity index (χ1n) is 7.15. The molecule has 0 saturated carbocycles. The van der Waals surface area contributed by atoms with Crippen LogP contribution in [0.3, 0.4) is 0 Å². The standard InChI is InChI=1S/C16H19N3O/c1-17-16-13-5-3-2-4-6-14(13)18-15(19-16)11-7-9-12(20)10-8-11/h7-10,20H,2-6H2,1H3,(H,17,18,19). The highest BCUT2D eigenvalue weighted by molar-refractivity contribution is 5.60. The van der Waals surface area contributed by atoms with Crippen molar-refractivity contribution in [3.05, 3.63) is 35.5 Å². The van der Waals surface area contributed by atoms with Crippen LogP contribution in [-0.2, 0) is 12.8 Å². The van der Waals surface area contributed by atoms with Crippen molar-refractivity contribution in [2.45, 2.75) is 32.1 Å². The number of phenolic OH excluding ortho intramolecular Hbond substituents is 1. The molecule has 0 aliphatic heterocycles. The lowest BCUT2D eigenvalue weighted by Crippen LogP contribution is -2.06. The molecule has 0 unspecified atom stereocenters. The Hall–Kier alpha value is -2.10. The Balaban J connectivity index is 2.08. The van der Waals surface area contributed by atoms with E-state index in [-0.39, 0.29) is 5.75 Å². The molecule has 0 spiro atoms. The maximum absolute atomic E-state index is 9.38. The van der Waals surface area contributed by atoms with Gasteiger partial charge in [-0.1, -0.05) is 6.42 Å². The summed E-state index contributed by atoms with van der Waals surface area (Å²) in [6, 6.07) is 7.05. The van der Waals surface area contributed by atoms with Crippen molar-refractivity contribution in [1.82, 2.24) is 9.97 Å². The molecule has 1 aromatic carbocycles. The smallest absolute Gasteiger partial charge is 0.161 e.